The molecule has 0 aromatic heterocycles. The lowest BCUT2D eigenvalue weighted by atomic mass is 9.98. The summed E-state index contributed by atoms with van der Waals surface area (Å²) in [5.41, 5.74) is 0. The molecular weight excluding hydrogens is 1030 g/mol. The smallest absolute Gasteiger partial charge is 0.249 e. The molecule has 11 nitrogen and oxygen atoms in total. The third-order valence-electron chi connectivity index (χ3n) is 16.8. The highest BCUT2D eigenvalue weighted by atomic mass is 16.7. The molecule has 0 spiro atoms. The molecular formula is C71H133NO10. The van der Waals surface area contributed by atoms with Crippen molar-refractivity contribution in [2.75, 3.05) is 13.2 Å². The number of carbonyl (C=O) groups excluding carboxylic acids is 1. The molecule has 0 radical (unpaired) electrons. The van der Waals surface area contributed by atoms with Crippen LogP contribution in [0.3, 0.4) is 0 Å². The van der Waals surface area contributed by atoms with E-state index in [1.165, 1.54) is 238 Å². The van der Waals surface area contributed by atoms with Crippen LogP contribution in [-0.2, 0) is 14.3 Å². The Morgan fingerprint density at radius 1 is 0.427 bits per heavy atom. The Morgan fingerprint density at radius 2 is 0.768 bits per heavy atom. The quantitative estimate of drug-likeness (QED) is 0.0215. The normalized spacial score (nSPS) is 19.4. The molecule has 1 saturated heterocycles. The fourth-order valence-corrected chi connectivity index (χ4v) is 11.2. The number of allylic oxidation sites excluding steroid dienone is 8. The second-order valence-corrected chi connectivity index (χ2v) is 24.6. The van der Waals surface area contributed by atoms with Gasteiger partial charge in [-0.05, 0) is 83.5 Å². The van der Waals surface area contributed by atoms with Gasteiger partial charge in [0, 0.05) is 0 Å². The summed E-state index contributed by atoms with van der Waals surface area (Å²) < 4.78 is 11.2. The highest BCUT2D eigenvalue weighted by molar-refractivity contribution is 5.80. The maximum Gasteiger partial charge on any atom is 0.249 e. The zero-order valence-electron chi connectivity index (χ0n) is 53.2. The first-order valence-corrected chi connectivity index (χ1v) is 35.0. The van der Waals surface area contributed by atoms with Gasteiger partial charge < -0.3 is 50.5 Å². The summed E-state index contributed by atoms with van der Waals surface area (Å²) >= 11 is 0. The highest BCUT2D eigenvalue weighted by Gasteiger charge is 2.44. The van der Waals surface area contributed by atoms with Crippen molar-refractivity contribution in [1.82, 2.24) is 5.32 Å². The van der Waals surface area contributed by atoms with Crippen molar-refractivity contribution >= 4 is 5.91 Å². The van der Waals surface area contributed by atoms with Crippen molar-refractivity contribution in [2.45, 2.75) is 384 Å². The number of nitrogens with one attached hydrogen (secondary N) is 1. The van der Waals surface area contributed by atoms with Crippen molar-refractivity contribution < 1.29 is 50.0 Å². The van der Waals surface area contributed by atoms with Gasteiger partial charge in [0.05, 0.1) is 25.4 Å². The first-order chi connectivity index (χ1) is 40.2. The maximum atomic E-state index is 13.2. The summed E-state index contributed by atoms with van der Waals surface area (Å²) in [4.78, 5) is 13.2. The lowest BCUT2D eigenvalue weighted by Gasteiger charge is -2.40. The van der Waals surface area contributed by atoms with Crippen LogP contribution in [0.2, 0.25) is 0 Å². The molecule has 1 aliphatic rings. The highest BCUT2D eigenvalue weighted by Crippen LogP contribution is 2.24. The van der Waals surface area contributed by atoms with Gasteiger partial charge >= 0.3 is 0 Å². The summed E-state index contributed by atoms with van der Waals surface area (Å²) in [6.07, 6.45) is 66.3. The average molecular weight is 1160 g/mol. The number of hydrogen-bond donors (Lipinski definition) is 8. The number of hydrogen-bond acceptors (Lipinski definition) is 10. The summed E-state index contributed by atoms with van der Waals surface area (Å²) in [6.45, 7) is 3.48. The number of rotatable bonds is 61. The molecule has 9 unspecified atom stereocenters. The van der Waals surface area contributed by atoms with E-state index >= 15 is 0 Å². The third kappa shape index (κ3) is 46.3. The molecule has 1 rings (SSSR count). The predicted molar refractivity (Wildman–Crippen MR) is 344 cm³/mol. The Balaban J connectivity index is 2.20. The van der Waals surface area contributed by atoms with E-state index in [1.54, 1.807) is 0 Å². The minimum absolute atomic E-state index is 0.247. The molecule has 0 saturated carbocycles. The van der Waals surface area contributed by atoms with Gasteiger partial charge in [0.15, 0.2) is 6.29 Å². The van der Waals surface area contributed by atoms with E-state index in [0.717, 1.165) is 44.9 Å². The molecule has 9 atom stereocenters. The molecule has 1 aliphatic heterocycles. The largest absolute Gasteiger partial charge is 0.394 e. The molecule has 0 aliphatic carbocycles. The first-order valence-electron chi connectivity index (χ1n) is 35.0. The summed E-state index contributed by atoms with van der Waals surface area (Å²) in [6, 6.07) is -1.19. The Bertz CT molecular complexity index is 1470. The Morgan fingerprint density at radius 3 is 1.16 bits per heavy atom. The third-order valence-corrected chi connectivity index (χ3v) is 16.8. The minimum Gasteiger partial charge on any atom is -0.394 e. The number of amides is 1. The summed E-state index contributed by atoms with van der Waals surface area (Å²) in [5, 5.41) is 76.4. The van der Waals surface area contributed by atoms with Gasteiger partial charge in [0.25, 0.3) is 0 Å². The minimum atomic E-state index is -1.67. The molecule has 11 heteroatoms. The van der Waals surface area contributed by atoms with E-state index < -0.39 is 74.2 Å². The fourth-order valence-electron chi connectivity index (χ4n) is 11.2. The van der Waals surface area contributed by atoms with Crippen molar-refractivity contribution in [3.05, 3.63) is 48.6 Å². The molecule has 0 aromatic carbocycles. The topological polar surface area (TPSA) is 189 Å². The maximum absolute atomic E-state index is 13.2. The molecule has 0 bridgehead atoms. The number of unbranched alkanes of at least 4 members (excludes halogenated alkanes) is 41. The van der Waals surface area contributed by atoms with Crippen LogP contribution in [0, 0.1) is 0 Å². The van der Waals surface area contributed by atoms with Gasteiger partial charge in [-0.1, -0.05) is 294 Å². The Kier molecular flexibility index (Phi) is 56.6. The molecule has 82 heavy (non-hydrogen) atoms. The number of aliphatic hydroxyl groups excluding tert-OH is 7. The number of carbonyl (C=O) groups is 1. The number of aliphatic hydroxyl groups is 7. The Labute approximate surface area is 504 Å². The monoisotopic (exact) mass is 1160 g/mol. The van der Waals surface area contributed by atoms with Crippen molar-refractivity contribution in [3.63, 3.8) is 0 Å². The average Bonchev–Trinajstić information content (AvgIpc) is 3.48. The molecule has 1 fully saturated rings. The second-order valence-electron chi connectivity index (χ2n) is 24.6. The van der Waals surface area contributed by atoms with Crippen LogP contribution in [0.4, 0.5) is 0 Å². The molecule has 8 N–H and O–H groups in total. The lowest BCUT2D eigenvalue weighted by Crippen LogP contribution is -2.60. The van der Waals surface area contributed by atoms with E-state index in [9.17, 15) is 40.5 Å². The standard InChI is InChI=1S/C71H133NO10/c1-3-5-7-9-11-13-15-17-19-21-23-25-26-27-28-29-30-31-32-33-34-35-36-37-39-41-43-45-47-49-51-53-55-57-59-64(75)70(80)72-62(61-81-71-69(79)68(78)67(77)65(60-73)82-71)66(76)63(74)58-56-54-52-50-48-46-44-42-40-38-24-22-20-18-16-14-12-10-8-6-4-2/h26-27,29-30,42,44,50,52,62-69,71,73-79H,3-25,28,31-41,43,45-49,51,53-61H2,1-2H3,(H,72,80)/b27-26-,30-29-,44-42+,52-50+. The molecule has 1 amide bonds. The Hall–Kier alpha value is -1.93. The van der Waals surface area contributed by atoms with Crippen LogP contribution in [0.25, 0.3) is 0 Å². The predicted octanol–water partition coefficient (Wildman–Crippen LogP) is 16.7. The van der Waals surface area contributed by atoms with Crippen LogP contribution in [-0.4, -0.2) is 110 Å². The molecule has 1 heterocycles. The van der Waals surface area contributed by atoms with Crippen LogP contribution in [0.15, 0.2) is 48.6 Å². The summed E-state index contributed by atoms with van der Waals surface area (Å²) in [7, 11) is 0. The van der Waals surface area contributed by atoms with Crippen molar-refractivity contribution in [2.24, 2.45) is 0 Å². The van der Waals surface area contributed by atoms with Crippen molar-refractivity contribution in [3.8, 4) is 0 Å². The van der Waals surface area contributed by atoms with Gasteiger partial charge in [-0.25, -0.2) is 0 Å². The van der Waals surface area contributed by atoms with E-state index in [1.807, 2.05) is 0 Å². The van der Waals surface area contributed by atoms with E-state index in [-0.39, 0.29) is 12.8 Å². The lowest BCUT2D eigenvalue weighted by molar-refractivity contribution is -0.303. The van der Waals surface area contributed by atoms with Gasteiger partial charge in [-0.3, -0.25) is 4.79 Å². The van der Waals surface area contributed by atoms with Gasteiger partial charge in [-0.2, -0.15) is 0 Å². The number of ether oxygens (including phenoxy) is 2. The van der Waals surface area contributed by atoms with E-state index in [4.69, 9.17) is 9.47 Å². The molecule has 0 aromatic rings. The van der Waals surface area contributed by atoms with Crippen LogP contribution < -0.4 is 5.32 Å². The zero-order chi connectivity index (χ0) is 59.6. The van der Waals surface area contributed by atoms with Crippen molar-refractivity contribution in [1.29, 1.82) is 0 Å². The SMILES string of the molecule is CCCCCCCCCCCCC/C=C\C/C=C\CCCCCCCCCCCCCCCCCCC(O)C(=O)NC(COC1OC(CO)C(O)C(O)C1O)C(O)C(O)CCC/C=C/CC/C=C/CCCCCCCCCCCCCC. The second kappa shape index (κ2) is 59.4. The van der Waals surface area contributed by atoms with Gasteiger partial charge in [0.2, 0.25) is 5.91 Å². The molecule has 482 valence electrons. The summed E-state index contributed by atoms with van der Waals surface area (Å²) in [5.74, 6) is -0.707. The zero-order valence-corrected chi connectivity index (χ0v) is 53.2. The van der Waals surface area contributed by atoms with E-state index in [0.29, 0.717) is 19.3 Å². The van der Waals surface area contributed by atoms with Crippen LogP contribution >= 0.6 is 0 Å². The van der Waals surface area contributed by atoms with Crippen LogP contribution in [0.5, 0.6) is 0 Å². The first kappa shape index (κ1) is 78.1. The van der Waals surface area contributed by atoms with Crippen LogP contribution in [0.1, 0.15) is 328 Å². The van der Waals surface area contributed by atoms with Gasteiger partial charge in [-0.15, -0.1) is 0 Å². The fraction of sp³-hybridized carbons (Fsp3) is 0.873. The van der Waals surface area contributed by atoms with Gasteiger partial charge in [0.1, 0.15) is 36.6 Å². The van der Waals surface area contributed by atoms with E-state index in [2.05, 4.69) is 67.8 Å².